The molecule has 0 spiro atoms. The Morgan fingerprint density at radius 3 is 2.76 bits per heavy atom. The zero-order valence-corrected chi connectivity index (χ0v) is 14.7. The Bertz CT molecular complexity index is 948. The second-order valence-corrected chi connectivity index (χ2v) is 6.17. The lowest BCUT2D eigenvalue weighted by Crippen LogP contribution is -2.13. The second-order valence-electron chi connectivity index (χ2n) is 5.32. The van der Waals surface area contributed by atoms with Crippen molar-refractivity contribution < 1.29 is 14.0 Å². The van der Waals surface area contributed by atoms with Crippen LogP contribution in [0.3, 0.4) is 0 Å². The minimum atomic E-state index is -0.627. The number of rotatable bonds is 4. The van der Waals surface area contributed by atoms with Gasteiger partial charge in [0.2, 0.25) is 0 Å². The Morgan fingerprint density at radius 2 is 2.04 bits per heavy atom. The minimum absolute atomic E-state index is 0.0726. The van der Waals surface area contributed by atoms with E-state index in [0.29, 0.717) is 15.9 Å². The van der Waals surface area contributed by atoms with Gasteiger partial charge in [-0.25, -0.2) is 4.39 Å². The third kappa shape index (κ3) is 3.51. The third-order valence-electron chi connectivity index (χ3n) is 3.63. The average Bonchev–Trinajstić information content (AvgIpc) is 3.07. The van der Waals surface area contributed by atoms with Gasteiger partial charge in [0.25, 0.3) is 5.91 Å². The maximum absolute atomic E-state index is 13.9. The van der Waals surface area contributed by atoms with Crippen molar-refractivity contribution in [3.63, 3.8) is 0 Å². The first-order valence-corrected chi connectivity index (χ1v) is 8.17. The van der Waals surface area contributed by atoms with E-state index in [4.69, 9.17) is 0 Å². The zero-order chi connectivity index (χ0) is 18.0. The van der Waals surface area contributed by atoms with Gasteiger partial charge in [0.1, 0.15) is 11.5 Å². The van der Waals surface area contributed by atoms with Crippen molar-refractivity contribution >= 4 is 33.3 Å². The summed E-state index contributed by atoms with van der Waals surface area (Å²) < 4.78 is 14.3. The van der Waals surface area contributed by atoms with E-state index in [0.717, 1.165) is 0 Å². The molecular weight excluding hydrogens is 389 g/mol. The number of ketones is 1. The zero-order valence-electron chi connectivity index (χ0n) is 13.1. The number of carbonyl (C=O) groups is 2. The number of aryl methyl sites for hydroxylation is 1. The number of nitrogens with one attached hydrogen (secondary N) is 2. The number of anilines is 1. The fourth-order valence-corrected chi connectivity index (χ4v) is 2.84. The van der Waals surface area contributed by atoms with E-state index >= 15 is 0 Å². The summed E-state index contributed by atoms with van der Waals surface area (Å²) in [4.78, 5) is 31.6. The van der Waals surface area contributed by atoms with Crippen molar-refractivity contribution in [1.82, 2.24) is 9.97 Å². The van der Waals surface area contributed by atoms with Gasteiger partial charge in [-0.3, -0.25) is 14.6 Å². The van der Waals surface area contributed by atoms with Crippen LogP contribution in [0, 0.1) is 12.7 Å². The Hall–Kier alpha value is -2.80. The predicted molar refractivity (Wildman–Crippen MR) is 95.3 cm³/mol. The minimum Gasteiger partial charge on any atom is -0.356 e. The van der Waals surface area contributed by atoms with E-state index in [-0.39, 0.29) is 16.8 Å². The van der Waals surface area contributed by atoms with Crippen LogP contribution in [0.5, 0.6) is 0 Å². The monoisotopic (exact) mass is 401 g/mol. The van der Waals surface area contributed by atoms with Gasteiger partial charge in [-0.15, -0.1) is 0 Å². The molecule has 25 heavy (non-hydrogen) atoms. The molecule has 126 valence electrons. The molecule has 2 N–H and O–H groups in total. The van der Waals surface area contributed by atoms with Crippen LogP contribution < -0.4 is 5.32 Å². The number of nitrogens with zero attached hydrogens (tertiary/aromatic N) is 1. The summed E-state index contributed by atoms with van der Waals surface area (Å²) in [5.41, 5.74) is 1.57. The molecule has 0 atom stereocenters. The fourth-order valence-electron chi connectivity index (χ4n) is 2.32. The smallest absolute Gasteiger partial charge is 0.272 e. The SMILES string of the molecule is Cc1ncccc1NC(=O)c1cc(C(=O)c2c(F)cccc2Br)c[nH]1. The maximum atomic E-state index is 13.9. The Labute approximate surface area is 151 Å². The van der Waals surface area contributed by atoms with Crippen molar-refractivity contribution in [3.8, 4) is 0 Å². The van der Waals surface area contributed by atoms with E-state index in [9.17, 15) is 14.0 Å². The van der Waals surface area contributed by atoms with E-state index < -0.39 is 17.5 Å². The molecule has 2 heterocycles. The van der Waals surface area contributed by atoms with Gasteiger partial charge < -0.3 is 10.3 Å². The number of H-pyrrole nitrogens is 1. The highest BCUT2D eigenvalue weighted by atomic mass is 79.9. The fraction of sp³-hybridized carbons (Fsp3) is 0.0556. The molecule has 3 rings (SSSR count). The summed E-state index contributed by atoms with van der Waals surface area (Å²) in [7, 11) is 0. The van der Waals surface area contributed by atoms with Crippen LogP contribution in [0.4, 0.5) is 10.1 Å². The van der Waals surface area contributed by atoms with Gasteiger partial charge in [0.05, 0.1) is 16.9 Å². The highest BCUT2D eigenvalue weighted by molar-refractivity contribution is 9.10. The predicted octanol–water partition coefficient (Wildman–Crippen LogP) is 4.10. The highest BCUT2D eigenvalue weighted by Crippen LogP contribution is 2.23. The Kier molecular flexibility index (Phi) is 4.76. The number of hydrogen-bond donors (Lipinski definition) is 2. The summed E-state index contributed by atoms with van der Waals surface area (Å²) >= 11 is 3.18. The van der Waals surface area contributed by atoms with E-state index in [1.54, 1.807) is 31.3 Å². The molecule has 7 heteroatoms. The number of hydrogen-bond acceptors (Lipinski definition) is 3. The summed E-state index contributed by atoms with van der Waals surface area (Å²) in [6.45, 7) is 1.77. The number of benzene rings is 1. The normalized spacial score (nSPS) is 10.5. The molecule has 3 aromatic rings. The molecule has 0 radical (unpaired) electrons. The van der Waals surface area contributed by atoms with Crippen molar-refractivity contribution in [2.24, 2.45) is 0 Å². The Morgan fingerprint density at radius 1 is 1.24 bits per heavy atom. The molecular formula is C18H13BrFN3O2. The summed E-state index contributed by atoms with van der Waals surface area (Å²) in [5.74, 6) is -1.56. The molecule has 0 aliphatic carbocycles. The maximum Gasteiger partial charge on any atom is 0.272 e. The molecule has 1 aromatic carbocycles. The number of carbonyl (C=O) groups excluding carboxylic acids is 2. The molecule has 0 saturated carbocycles. The molecule has 0 aliphatic heterocycles. The van der Waals surface area contributed by atoms with Crippen LogP contribution in [0.25, 0.3) is 0 Å². The van der Waals surface area contributed by atoms with Gasteiger partial charge in [0, 0.05) is 22.4 Å². The molecule has 0 saturated heterocycles. The first-order chi connectivity index (χ1) is 12.0. The van der Waals surface area contributed by atoms with E-state index in [1.165, 1.54) is 24.4 Å². The van der Waals surface area contributed by atoms with Gasteiger partial charge in [-0.05, 0) is 53.2 Å². The number of halogens is 2. The van der Waals surface area contributed by atoms with E-state index in [1.807, 2.05) is 0 Å². The van der Waals surface area contributed by atoms with Crippen LogP contribution in [0.1, 0.15) is 32.1 Å². The van der Waals surface area contributed by atoms with Crippen molar-refractivity contribution in [1.29, 1.82) is 0 Å². The first-order valence-electron chi connectivity index (χ1n) is 7.37. The second kappa shape index (κ2) is 6.98. The van der Waals surface area contributed by atoms with Crippen LogP contribution >= 0.6 is 15.9 Å². The number of aromatic nitrogens is 2. The molecule has 0 unspecified atom stereocenters. The number of pyridine rings is 1. The Balaban J connectivity index is 1.84. The van der Waals surface area contributed by atoms with Crippen LogP contribution in [-0.2, 0) is 0 Å². The number of amides is 1. The summed E-state index contributed by atoms with van der Waals surface area (Å²) in [6, 6.07) is 9.13. The average molecular weight is 402 g/mol. The van der Waals surface area contributed by atoms with Crippen LogP contribution in [0.15, 0.2) is 53.3 Å². The van der Waals surface area contributed by atoms with Gasteiger partial charge >= 0.3 is 0 Å². The summed E-state index contributed by atoms with van der Waals surface area (Å²) in [6.07, 6.45) is 3.01. The molecule has 0 aliphatic rings. The highest BCUT2D eigenvalue weighted by Gasteiger charge is 2.20. The molecule has 5 nitrogen and oxygen atoms in total. The lowest BCUT2D eigenvalue weighted by Gasteiger charge is -2.05. The van der Waals surface area contributed by atoms with Crippen molar-refractivity contribution in [2.75, 3.05) is 5.32 Å². The third-order valence-corrected chi connectivity index (χ3v) is 4.30. The molecule has 0 fully saturated rings. The summed E-state index contributed by atoms with van der Waals surface area (Å²) in [5, 5.41) is 2.71. The van der Waals surface area contributed by atoms with Gasteiger partial charge in [-0.1, -0.05) is 6.07 Å². The quantitative estimate of drug-likeness (QED) is 0.646. The first kappa shape index (κ1) is 17.0. The van der Waals surface area contributed by atoms with Crippen LogP contribution in [-0.4, -0.2) is 21.7 Å². The van der Waals surface area contributed by atoms with Crippen molar-refractivity contribution in [3.05, 3.63) is 81.6 Å². The molecule has 0 bridgehead atoms. The largest absolute Gasteiger partial charge is 0.356 e. The lowest BCUT2D eigenvalue weighted by atomic mass is 10.1. The molecule has 2 aromatic heterocycles. The standard InChI is InChI=1S/C18H13BrFN3O2/c1-10-14(6-3-7-21-10)23-18(25)15-8-11(9-22-15)17(24)16-12(19)4-2-5-13(16)20/h2-9,22H,1H3,(H,23,25). The number of aromatic amines is 1. The molecule has 1 amide bonds. The topological polar surface area (TPSA) is 74.8 Å². The van der Waals surface area contributed by atoms with Crippen LogP contribution in [0.2, 0.25) is 0 Å². The lowest BCUT2D eigenvalue weighted by molar-refractivity contribution is 0.102. The van der Waals surface area contributed by atoms with Gasteiger partial charge in [0.15, 0.2) is 5.78 Å². The van der Waals surface area contributed by atoms with Gasteiger partial charge in [-0.2, -0.15) is 0 Å². The van der Waals surface area contributed by atoms with Crippen molar-refractivity contribution in [2.45, 2.75) is 6.92 Å². The van der Waals surface area contributed by atoms with E-state index in [2.05, 4.69) is 31.2 Å².